The maximum atomic E-state index is 11.9. The number of aryl methyl sites for hydroxylation is 1. The summed E-state index contributed by atoms with van der Waals surface area (Å²) >= 11 is 0. The summed E-state index contributed by atoms with van der Waals surface area (Å²) in [5.74, 6) is 0.879. The van der Waals surface area contributed by atoms with Crippen molar-refractivity contribution in [3.05, 3.63) is 23.8 Å². The first-order chi connectivity index (χ1) is 10.0. The summed E-state index contributed by atoms with van der Waals surface area (Å²) in [6.45, 7) is 3.70. The highest BCUT2D eigenvalue weighted by molar-refractivity contribution is 5.73. The molecule has 1 aromatic rings. The minimum absolute atomic E-state index is 0.106. The van der Waals surface area contributed by atoms with Gasteiger partial charge in [-0.1, -0.05) is 0 Å². The Morgan fingerprint density at radius 3 is 2.52 bits per heavy atom. The molecule has 1 fully saturated rings. The summed E-state index contributed by atoms with van der Waals surface area (Å²) in [5, 5.41) is 3.58. The Hall–Kier alpha value is -1.91. The molecule has 21 heavy (non-hydrogen) atoms. The number of methoxy groups -OCH3 is 1. The number of piperidine rings is 1. The minimum atomic E-state index is 0.106. The second-order valence-electron chi connectivity index (χ2n) is 5.76. The van der Waals surface area contributed by atoms with E-state index in [9.17, 15) is 4.79 Å². The number of likely N-dealkylation sites (tertiary alicyclic amines) is 1. The van der Waals surface area contributed by atoms with Crippen LogP contribution in [0.1, 0.15) is 18.4 Å². The van der Waals surface area contributed by atoms with Gasteiger partial charge in [0.05, 0.1) is 7.11 Å². The third-order valence-corrected chi connectivity index (χ3v) is 3.94. The molecule has 1 aliphatic heterocycles. The first-order valence-electron chi connectivity index (χ1n) is 7.38. The summed E-state index contributed by atoms with van der Waals surface area (Å²) in [6.07, 6.45) is 1.95. The number of ether oxygens (including phenoxy) is 1. The summed E-state index contributed by atoms with van der Waals surface area (Å²) in [6, 6.07) is 6.59. The lowest BCUT2D eigenvalue weighted by Crippen LogP contribution is -2.46. The lowest BCUT2D eigenvalue weighted by Gasteiger charge is -2.34. The van der Waals surface area contributed by atoms with Crippen molar-refractivity contribution in [3.63, 3.8) is 0 Å². The number of nitrogens with one attached hydrogen (secondary N) is 1. The van der Waals surface area contributed by atoms with Gasteiger partial charge in [-0.25, -0.2) is 4.79 Å². The molecule has 5 nitrogen and oxygen atoms in total. The fourth-order valence-corrected chi connectivity index (χ4v) is 2.64. The normalized spacial score (nSPS) is 15.7. The van der Waals surface area contributed by atoms with E-state index < -0.39 is 0 Å². The number of hydrogen-bond acceptors (Lipinski definition) is 3. The molecule has 1 aromatic carbocycles. The van der Waals surface area contributed by atoms with Crippen LogP contribution in [0.3, 0.4) is 0 Å². The van der Waals surface area contributed by atoms with Crippen molar-refractivity contribution in [1.29, 1.82) is 0 Å². The highest BCUT2D eigenvalue weighted by Gasteiger charge is 2.23. The second kappa shape index (κ2) is 6.70. The number of nitrogens with zero attached hydrogens (tertiary/aromatic N) is 2. The lowest BCUT2D eigenvalue weighted by atomic mass is 10.0. The fourth-order valence-electron chi connectivity index (χ4n) is 2.64. The van der Waals surface area contributed by atoms with Crippen LogP contribution in [-0.4, -0.2) is 56.2 Å². The quantitative estimate of drug-likeness (QED) is 0.931. The van der Waals surface area contributed by atoms with E-state index in [0.717, 1.165) is 37.4 Å². The van der Waals surface area contributed by atoms with Crippen molar-refractivity contribution in [3.8, 4) is 5.75 Å². The predicted molar refractivity (Wildman–Crippen MR) is 85.0 cm³/mol. The van der Waals surface area contributed by atoms with Gasteiger partial charge in [-0.2, -0.15) is 0 Å². The highest BCUT2D eigenvalue weighted by atomic mass is 16.5. The van der Waals surface area contributed by atoms with Crippen LogP contribution in [0.25, 0.3) is 0 Å². The number of amides is 2. The molecule has 2 rings (SSSR count). The summed E-state index contributed by atoms with van der Waals surface area (Å²) in [7, 11) is 5.28. The van der Waals surface area contributed by atoms with Crippen LogP contribution in [0.2, 0.25) is 0 Å². The molecule has 2 amide bonds. The molecule has 0 saturated carbocycles. The molecule has 0 radical (unpaired) electrons. The van der Waals surface area contributed by atoms with Crippen molar-refractivity contribution in [1.82, 2.24) is 9.80 Å². The Morgan fingerprint density at radius 2 is 2.00 bits per heavy atom. The van der Waals surface area contributed by atoms with E-state index in [2.05, 4.69) is 18.3 Å². The van der Waals surface area contributed by atoms with E-state index in [1.165, 1.54) is 5.56 Å². The largest absolute Gasteiger partial charge is 0.497 e. The molecule has 1 aliphatic rings. The number of carbonyl (C=O) groups excluding carboxylic acids is 1. The van der Waals surface area contributed by atoms with Crippen LogP contribution >= 0.6 is 0 Å². The molecule has 1 saturated heterocycles. The van der Waals surface area contributed by atoms with E-state index in [4.69, 9.17) is 4.74 Å². The predicted octanol–water partition coefficient (Wildman–Crippen LogP) is 2.56. The van der Waals surface area contributed by atoms with Crippen LogP contribution < -0.4 is 10.1 Å². The van der Waals surface area contributed by atoms with Crippen LogP contribution in [0, 0.1) is 6.92 Å². The molecule has 116 valence electrons. The van der Waals surface area contributed by atoms with Gasteiger partial charge in [0.15, 0.2) is 0 Å². The van der Waals surface area contributed by atoms with Gasteiger partial charge in [0, 0.05) is 38.9 Å². The van der Waals surface area contributed by atoms with Gasteiger partial charge in [0.25, 0.3) is 0 Å². The SMILES string of the molecule is COc1ccc(NC2CCN(C(=O)N(C)C)CC2)c(C)c1. The van der Waals surface area contributed by atoms with Crippen molar-refractivity contribution in [2.24, 2.45) is 0 Å². The molecule has 5 heteroatoms. The maximum Gasteiger partial charge on any atom is 0.319 e. The second-order valence-corrected chi connectivity index (χ2v) is 5.76. The third-order valence-electron chi connectivity index (χ3n) is 3.94. The summed E-state index contributed by atoms with van der Waals surface area (Å²) < 4.78 is 5.23. The van der Waals surface area contributed by atoms with Crippen LogP contribution in [0.5, 0.6) is 5.75 Å². The van der Waals surface area contributed by atoms with Gasteiger partial charge in [-0.15, -0.1) is 0 Å². The van der Waals surface area contributed by atoms with Gasteiger partial charge in [0.2, 0.25) is 0 Å². The summed E-state index contributed by atoms with van der Waals surface area (Å²) in [4.78, 5) is 15.5. The molecule has 0 unspecified atom stereocenters. The molecule has 0 spiro atoms. The van der Waals surface area contributed by atoms with Crippen molar-refractivity contribution in [2.75, 3.05) is 39.6 Å². The van der Waals surface area contributed by atoms with E-state index >= 15 is 0 Å². The molecule has 0 bridgehead atoms. The summed E-state index contributed by atoms with van der Waals surface area (Å²) in [5.41, 5.74) is 2.33. The van der Waals surface area contributed by atoms with Crippen LogP contribution in [-0.2, 0) is 0 Å². The van der Waals surface area contributed by atoms with E-state index in [1.54, 1.807) is 26.1 Å². The molecular formula is C16H25N3O2. The molecule has 0 atom stereocenters. The number of benzene rings is 1. The Bertz CT molecular complexity index is 494. The Kier molecular flexibility index (Phi) is 4.94. The fraction of sp³-hybridized carbons (Fsp3) is 0.562. The first-order valence-corrected chi connectivity index (χ1v) is 7.38. The zero-order valence-electron chi connectivity index (χ0n) is 13.3. The van der Waals surface area contributed by atoms with Gasteiger partial charge in [-0.3, -0.25) is 0 Å². The highest BCUT2D eigenvalue weighted by Crippen LogP contribution is 2.24. The molecular weight excluding hydrogens is 266 g/mol. The zero-order chi connectivity index (χ0) is 15.4. The van der Waals surface area contributed by atoms with Gasteiger partial charge >= 0.3 is 6.03 Å². The van der Waals surface area contributed by atoms with Crippen LogP contribution in [0.4, 0.5) is 10.5 Å². The Balaban J connectivity index is 1.90. The first kappa shape index (κ1) is 15.5. The average Bonchev–Trinajstić information content (AvgIpc) is 2.49. The zero-order valence-corrected chi connectivity index (χ0v) is 13.3. The van der Waals surface area contributed by atoms with Crippen LogP contribution in [0.15, 0.2) is 18.2 Å². The van der Waals surface area contributed by atoms with Crippen molar-refractivity contribution in [2.45, 2.75) is 25.8 Å². The van der Waals surface area contributed by atoms with Crippen molar-refractivity contribution >= 4 is 11.7 Å². The molecule has 1 N–H and O–H groups in total. The number of hydrogen-bond donors (Lipinski definition) is 1. The van der Waals surface area contributed by atoms with E-state index in [-0.39, 0.29) is 6.03 Å². The van der Waals surface area contributed by atoms with Gasteiger partial charge in [-0.05, 0) is 43.5 Å². The van der Waals surface area contributed by atoms with Gasteiger partial charge in [0.1, 0.15) is 5.75 Å². The lowest BCUT2D eigenvalue weighted by molar-refractivity contribution is 0.158. The van der Waals surface area contributed by atoms with E-state index in [0.29, 0.717) is 6.04 Å². The average molecular weight is 291 g/mol. The standard InChI is InChI=1S/C16H25N3O2/c1-12-11-14(21-4)5-6-15(12)17-13-7-9-19(10-8-13)16(20)18(2)3/h5-6,11,13,17H,7-10H2,1-4H3. The van der Waals surface area contributed by atoms with Gasteiger partial charge < -0.3 is 19.9 Å². The smallest absolute Gasteiger partial charge is 0.319 e. The Morgan fingerprint density at radius 1 is 1.33 bits per heavy atom. The number of urea groups is 1. The maximum absolute atomic E-state index is 11.9. The molecule has 0 aromatic heterocycles. The van der Waals surface area contributed by atoms with E-state index in [1.807, 2.05) is 17.0 Å². The number of rotatable bonds is 3. The third kappa shape index (κ3) is 3.80. The molecule has 0 aliphatic carbocycles. The number of carbonyl (C=O) groups is 1. The Labute approximate surface area is 126 Å². The molecule has 1 heterocycles. The topological polar surface area (TPSA) is 44.8 Å². The van der Waals surface area contributed by atoms with Crippen molar-refractivity contribution < 1.29 is 9.53 Å². The minimum Gasteiger partial charge on any atom is -0.497 e. The monoisotopic (exact) mass is 291 g/mol. The number of anilines is 1.